The van der Waals surface area contributed by atoms with Crippen molar-refractivity contribution < 1.29 is 24.1 Å². The topological polar surface area (TPSA) is 65.0 Å². The van der Waals surface area contributed by atoms with Gasteiger partial charge in [-0.1, -0.05) is 6.07 Å². The molecule has 0 bridgehead atoms. The van der Waals surface area contributed by atoms with Gasteiger partial charge in [0.2, 0.25) is 0 Å². The van der Waals surface area contributed by atoms with Crippen molar-refractivity contribution >= 4 is 5.97 Å². The van der Waals surface area contributed by atoms with Crippen LogP contribution in [0.2, 0.25) is 0 Å². The zero-order valence-electron chi connectivity index (χ0n) is 11.2. The van der Waals surface area contributed by atoms with E-state index in [0.29, 0.717) is 17.2 Å². The largest absolute Gasteiger partial charge is 0.508 e. The zero-order chi connectivity index (χ0) is 14.6. The number of aromatic hydroxyl groups is 1. The Labute approximate surface area is 120 Å². The van der Waals surface area contributed by atoms with E-state index >= 15 is 0 Å². The van der Waals surface area contributed by atoms with Gasteiger partial charge in [-0.3, -0.25) is 4.79 Å². The van der Waals surface area contributed by atoms with E-state index < -0.39 is 12.0 Å². The minimum Gasteiger partial charge on any atom is -0.508 e. The van der Waals surface area contributed by atoms with Crippen molar-refractivity contribution in [2.24, 2.45) is 0 Å². The van der Waals surface area contributed by atoms with Crippen molar-refractivity contribution in [3.63, 3.8) is 0 Å². The second kappa shape index (κ2) is 4.15. The van der Waals surface area contributed by atoms with Crippen LogP contribution >= 0.6 is 0 Å². The first-order valence-electron chi connectivity index (χ1n) is 6.56. The van der Waals surface area contributed by atoms with E-state index in [9.17, 15) is 9.90 Å². The fourth-order valence-electron chi connectivity index (χ4n) is 2.88. The van der Waals surface area contributed by atoms with Gasteiger partial charge in [0.05, 0.1) is 7.11 Å². The number of carbonyl (C=O) groups is 1. The number of methoxy groups -OCH3 is 1. The molecule has 2 aliphatic rings. The Morgan fingerprint density at radius 3 is 2.71 bits per heavy atom. The van der Waals surface area contributed by atoms with Gasteiger partial charge in [0.25, 0.3) is 0 Å². The molecule has 0 saturated heterocycles. The molecule has 4 rings (SSSR count). The second-order valence-corrected chi connectivity index (χ2v) is 5.06. The lowest BCUT2D eigenvalue weighted by Gasteiger charge is -2.25. The molecule has 2 atom stereocenters. The van der Waals surface area contributed by atoms with Gasteiger partial charge in [-0.05, 0) is 18.2 Å². The third-order valence-electron chi connectivity index (χ3n) is 3.88. The fraction of sp³-hybridized carbons (Fsp3) is 0.188. The molecule has 2 aliphatic heterocycles. The van der Waals surface area contributed by atoms with Crippen LogP contribution in [0.3, 0.4) is 0 Å². The second-order valence-electron chi connectivity index (χ2n) is 5.06. The molecular weight excluding hydrogens is 272 g/mol. The van der Waals surface area contributed by atoms with Gasteiger partial charge in [-0.25, -0.2) is 0 Å². The third-order valence-corrected chi connectivity index (χ3v) is 3.88. The number of rotatable bonds is 1. The summed E-state index contributed by atoms with van der Waals surface area (Å²) in [5.74, 6) is 0.845. The van der Waals surface area contributed by atoms with Gasteiger partial charge in [0, 0.05) is 23.3 Å². The summed E-state index contributed by atoms with van der Waals surface area (Å²) in [6.45, 7) is 0. The Bertz CT molecular complexity index is 752. The summed E-state index contributed by atoms with van der Waals surface area (Å²) in [4.78, 5) is 12.3. The number of ether oxygens (including phenoxy) is 3. The van der Waals surface area contributed by atoms with Crippen molar-refractivity contribution in [1.29, 1.82) is 0 Å². The summed E-state index contributed by atoms with van der Waals surface area (Å²) in [5, 5.41) is 9.51. The minimum absolute atomic E-state index is 0.0529. The number of hydrogen-bond acceptors (Lipinski definition) is 5. The Kier molecular flexibility index (Phi) is 2.39. The van der Waals surface area contributed by atoms with Gasteiger partial charge in [0.15, 0.2) is 0 Å². The lowest BCUT2D eigenvalue weighted by atomic mass is 9.89. The molecule has 0 radical (unpaired) electrons. The highest BCUT2D eigenvalue weighted by Crippen LogP contribution is 2.52. The Morgan fingerprint density at radius 1 is 1.10 bits per heavy atom. The van der Waals surface area contributed by atoms with Crippen molar-refractivity contribution in [2.45, 2.75) is 12.0 Å². The van der Waals surface area contributed by atoms with Crippen molar-refractivity contribution in [2.75, 3.05) is 7.11 Å². The molecule has 0 spiro atoms. The lowest BCUT2D eigenvalue weighted by Crippen LogP contribution is -2.28. The Morgan fingerprint density at radius 2 is 1.90 bits per heavy atom. The molecule has 2 aromatic carbocycles. The summed E-state index contributed by atoms with van der Waals surface area (Å²) in [7, 11) is 1.58. The summed E-state index contributed by atoms with van der Waals surface area (Å²) < 4.78 is 16.4. The van der Waals surface area contributed by atoms with E-state index in [4.69, 9.17) is 14.2 Å². The molecule has 2 heterocycles. The molecule has 21 heavy (non-hydrogen) atoms. The summed E-state index contributed by atoms with van der Waals surface area (Å²) in [6.07, 6.45) is -0.427. The van der Waals surface area contributed by atoms with Crippen LogP contribution in [0.4, 0.5) is 0 Å². The van der Waals surface area contributed by atoms with Gasteiger partial charge < -0.3 is 19.3 Å². The molecule has 5 nitrogen and oxygen atoms in total. The van der Waals surface area contributed by atoms with Gasteiger partial charge >= 0.3 is 5.97 Å². The molecule has 0 saturated carbocycles. The van der Waals surface area contributed by atoms with Crippen LogP contribution in [0, 0.1) is 0 Å². The maximum Gasteiger partial charge on any atom is 0.323 e. The molecule has 2 unspecified atom stereocenters. The molecule has 0 aromatic heterocycles. The number of benzene rings is 2. The number of phenols is 1. The normalized spacial score (nSPS) is 21.7. The number of phenolic OH excluding ortho intramolecular Hbond substituents is 1. The third kappa shape index (κ3) is 1.67. The quantitative estimate of drug-likeness (QED) is 0.644. The number of carbonyl (C=O) groups excluding carboxylic acids is 1. The van der Waals surface area contributed by atoms with Gasteiger partial charge in [-0.2, -0.15) is 0 Å². The van der Waals surface area contributed by atoms with Crippen LogP contribution in [0.15, 0.2) is 36.4 Å². The summed E-state index contributed by atoms with van der Waals surface area (Å²) >= 11 is 0. The molecule has 2 aromatic rings. The van der Waals surface area contributed by atoms with E-state index in [2.05, 4.69) is 0 Å². The molecule has 106 valence electrons. The first kappa shape index (κ1) is 12.1. The molecular formula is C16H12O5. The first-order chi connectivity index (χ1) is 10.2. The number of esters is 1. The average Bonchev–Trinajstić information content (AvgIpc) is 2.85. The zero-order valence-corrected chi connectivity index (χ0v) is 11.2. The predicted molar refractivity (Wildman–Crippen MR) is 72.8 cm³/mol. The van der Waals surface area contributed by atoms with Crippen LogP contribution in [0.1, 0.15) is 23.1 Å². The number of hydrogen-bond donors (Lipinski definition) is 1. The highest BCUT2D eigenvalue weighted by atomic mass is 16.6. The fourth-order valence-corrected chi connectivity index (χ4v) is 2.88. The predicted octanol–water partition coefficient (Wildman–Crippen LogP) is 2.54. The SMILES string of the molecule is COc1ccc2c(c1)OC1c3ccc(O)cc3OC(=O)C21. The minimum atomic E-state index is -0.483. The van der Waals surface area contributed by atoms with Crippen LogP contribution < -0.4 is 14.2 Å². The van der Waals surface area contributed by atoms with Crippen LogP contribution in [0.25, 0.3) is 0 Å². The van der Waals surface area contributed by atoms with Crippen molar-refractivity contribution in [3.8, 4) is 23.0 Å². The van der Waals surface area contributed by atoms with E-state index in [1.165, 1.54) is 6.07 Å². The van der Waals surface area contributed by atoms with Crippen LogP contribution in [-0.4, -0.2) is 18.2 Å². The van der Waals surface area contributed by atoms with Gasteiger partial charge in [-0.15, -0.1) is 0 Å². The molecule has 1 N–H and O–H groups in total. The van der Waals surface area contributed by atoms with Gasteiger partial charge in [0.1, 0.15) is 35.0 Å². The standard InChI is InChI=1S/C16H12O5/c1-19-9-3-5-10-13(7-9)20-15-11-4-2-8(17)6-12(11)21-16(18)14(10)15/h2-7,14-15,17H,1H3. The van der Waals surface area contributed by atoms with E-state index in [1.54, 1.807) is 31.4 Å². The van der Waals surface area contributed by atoms with E-state index in [-0.39, 0.29) is 11.7 Å². The summed E-state index contributed by atoms with van der Waals surface area (Å²) in [6, 6.07) is 10.1. The maximum atomic E-state index is 12.3. The average molecular weight is 284 g/mol. The first-order valence-corrected chi connectivity index (χ1v) is 6.56. The molecule has 5 heteroatoms. The molecule has 0 aliphatic carbocycles. The monoisotopic (exact) mass is 284 g/mol. The number of fused-ring (bicyclic) bond motifs is 5. The highest BCUT2D eigenvalue weighted by molar-refractivity contribution is 5.86. The highest BCUT2D eigenvalue weighted by Gasteiger charge is 2.46. The molecule has 0 fully saturated rings. The van der Waals surface area contributed by atoms with Crippen LogP contribution in [-0.2, 0) is 4.79 Å². The van der Waals surface area contributed by atoms with Crippen molar-refractivity contribution in [1.82, 2.24) is 0 Å². The maximum absolute atomic E-state index is 12.3. The van der Waals surface area contributed by atoms with Crippen molar-refractivity contribution in [3.05, 3.63) is 47.5 Å². The molecule has 0 amide bonds. The Hall–Kier alpha value is -2.69. The van der Waals surface area contributed by atoms with Crippen LogP contribution in [0.5, 0.6) is 23.0 Å². The summed E-state index contributed by atoms with van der Waals surface area (Å²) in [5.41, 5.74) is 1.55. The van der Waals surface area contributed by atoms with E-state index in [1.807, 2.05) is 6.07 Å². The Balaban J connectivity index is 1.84. The lowest BCUT2D eigenvalue weighted by molar-refractivity contribution is -0.139. The van der Waals surface area contributed by atoms with E-state index in [0.717, 1.165) is 11.1 Å². The smallest absolute Gasteiger partial charge is 0.323 e.